The number of nitrogens with zero attached hydrogens (tertiary/aromatic N) is 2. The second kappa shape index (κ2) is 5.39. The lowest BCUT2D eigenvalue weighted by Gasteiger charge is -2.32. The maximum Gasteiger partial charge on any atom is 0.118 e. The molecule has 2 rings (SSSR count). The van der Waals surface area contributed by atoms with Crippen molar-refractivity contribution in [2.75, 3.05) is 0 Å². The zero-order valence-electron chi connectivity index (χ0n) is 11.4. The SMILES string of the molecule is CCC(C)n1ccc(CC2(F)CCCC(N)C2)n1. The van der Waals surface area contributed by atoms with Crippen LogP contribution in [0.4, 0.5) is 4.39 Å². The summed E-state index contributed by atoms with van der Waals surface area (Å²) in [6.07, 6.45) is 6.34. The molecule has 3 unspecified atom stereocenters. The van der Waals surface area contributed by atoms with Crippen LogP contribution in [0.3, 0.4) is 0 Å². The monoisotopic (exact) mass is 253 g/mol. The third-order valence-electron chi connectivity index (χ3n) is 4.03. The van der Waals surface area contributed by atoms with Gasteiger partial charge in [0, 0.05) is 24.7 Å². The Morgan fingerprint density at radius 2 is 2.44 bits per heavy atom. The molecular weight excluding hydrogens is 229 g/mol. The first kappa shape index (κ1) is 13.5. The van der Waals surface area contributed by atoms with E-state index in [1.54, 1.807) is 0 Å². The number of halogens is 1. The molecular formula is C14H24FN3. The van der Waals surface area contributed by atoms with Crippen LogP contribution >= 0.6 is 0 Å². The van der Waals surface area contributed by atoms with Crippen molar-refractivity contribution < 1.29 is 4.39 Å². The summed E-state index contributed by atoms with van der Waals surface area (Å²) >= 11 is 0. The maximum absolute atomic E-state index is 14.7. The molecule has 3 atom stereocenters. The van der Waals surface area contributed by atoms with Gasteiger partial charge in [-0.15, -0.1) is 0 Å². The van der Waals surface area contributed by atoms with Gasteiger partial charge in [0.25, 0.3) is 0 Å². The highest BCUT2D eigenvalue weighted by atomic mass is 19.1. The van der Waals surface area contributed by atoms with E-state index < -0.39 is 5.67 Å². The fraction of sp³-hybridized carbons (Fsp3) is 0.786. The normalized spacial score (nSPS) is 30.3. The number of aromatic nitrogens is 2. The predicted molar refractivity (Wildman–Crippen MR) is 71.2 cm³/mol. The summed E-state index contributed by atoms with van der Waals surface area (Å²) in [6, 6.07) is 2.33. The van der Waals surface area contributed by atoms with Crippen LogP contribution in [0.25, 0.3) is 0 Å². The van der Waals surface area contributed by atoms with Crippen molar-refractivity contribution in [1.29, 1.82) is 0 Å². The van der Waals surface area contributed by atoms with Crippen LogP contribution in [-0.2, 0) is 6.42 Å². The highest BCUT2D eigenvalue weighted by Gasteiger charge is 2.35. The highest BCUT2D eigenvalue weighted by Crippen LogP contribution is 2.34. The predicted octanol–water partition coefficient (Wildman–Crippen LogP) is 3.01. The molecule has 0 aliphatic heterocycles. The van der Waals surface area contributed by atoms with E-state index >= 15 is 0 Å². The van der Waals surface area contributed by atoms with E-state index in [1.165, 1.54) is 0 Å². The van der Waals surface area contributed by atoms with E-state index in [0.717, 1.165) is 25.0 Å². The van der Waals surface area contributed by atoms with Gasteiger partial charge in [-0.3, -0.25) is 4.68 Å². The van der Waals surface area contributed by atoms with E-state index in [9.17, 15) is 4.39 Å². The summed E-state index contributed by atoms with van der Waals surface area (Å²) in [5.41, 5.74) is 5.58. The topological polar surface area (TPSA) is 43.8 Å². The molecule has 18 heavy (non-hydrogen) atoms. The molecule has 0 amide bonds. The molecule has 1 aliphatic rings. The maximum atomic E-state index is 14.7. The molecule has 1 fully saturated rings. The van der Waals surface area contributed by atoms with Crippen LogP contribution in [0.15, 0.2) is 12.3 Å². The lowest BCUT2D eigenvalue weighted by atomic mass is 9.81. The van der Waals surface area contributed by atoms with Crippen LogP contribution < -0.4 is 5.73 Å². The molecule has 3 nitrogen and oxygen atoms in total. The van der Waals surface area contributed by atoms with Gasteiger partial charge in [-0.1, -0.05) is 6.92 Å². The van der Waals surface area contributed by atoms with Gasteiger partial charge in [0.05, 0.1) is 5.69 Å². The summed E-state index contributed by atoms with van der Waals surface area (Å²) in [6.45, 7) is 4.25. The third kappa shape index (κ3) is 3.10. The molecule has 1 aromatic rings. The van der Waals surface area contributed by atoms with Crippen LogP contribution in [0.5, 0.6) is 0 Å². The average molecular weight is 253 g/mol. The Balaban J connectivity index is 2.02. The van der Waals surface area contributed by atoms with Gasteiger partial charge < -0.3 is 5.73 Å². The summed E-state index contributed by atoms with van der Waals surface area (Å²) in [5, 5.41) is 4.48. The summed E-state index contributed by atoms with van der Waals surface area (Å²) < 4.78 is 16.6. The quantitative estimate of drug-likeness (QED) is 0.896. The molecule has 4 heteroatoms. The van der Waals surface area contributed by atoms with E-state index in [2.05, 4.69) is 18.9 Å². The fourth-order valence-corrected chi connectivity index (χ4v) is 2.74. The van der Waals surface area contributed by atoms with Gasteiger partial charge in [-0.25, -0.2) is 4.39 Å². The number of alkyl halides is 1. The Bertz CT molecular complexity index is 390. The van der Waals surface area contributed by atoms with E-state index in [4.69, 9.17) is 5.73 Å². The molecule has 0 aromatic carbocycles. The van der Waals surface area contributed by atoms with Crippen LogP contribution in [0, 0.1) is 0 Å². The molecule has 0 saturated heterocycles. The first-order valence-corrected chi connectivity index (χ1v) is 7.01. The average Bonchev–Trinajstić information content (AvgIpc) is 2.75. The van der Waals surface area contributed by atoms with Gasteiger partial charge >= 0.3 is 0 Å². The van der Waals surface area contributed by atoms with Crippen molar-refractivity contribution in [3.8, 4) is 0 Å². The fourth-order valence-electron chi connectivity index (χ4n) is 2.74. The molecule has 2 N–H and O–H groups in total. The Morgan fingerprint density at radius 3 is 3.11 bits per heavy atom. The molecule has 1 saturated carbocycles. The summed E-state index contributed by atoms with van der Waals surface area (Å²) in [4.78, 5) is 0. The molecule has 0 radical (unpaired) electrons. The lowest BCUT2D eigenvalue weighted by molar-refractivity contribution is 0.0951. The lowest BCUT2D eigenvalue weighted by Crippen LogP contribution is -2.39. The minimum absolute atomic E-state index is 0.0143. The Labute approximate surface area is 109 Å². The van der Waals surface area contributed by atoms with Gasteiger partial charge in [0.15, 0.2) is 0 Å². The number of nitrogens with two attached hydrogens (primary N) is 1. The highest BCUT2D eigenvalue weighted by molar-refractivity contribution is 5.06. The molecule has 1 aliphatic carbocycles. The molecule has 0 bridgehead atoms. The largest absolute Gasteiger partial charge is 0.328 e. The van der Waals surface area contributed by atoms with Crippen LogP contribution in [-0.4, -0.2) is 21.5 Å². The minimum atomic E-state index is -1.15. The van der Waals surface area contributed by atoms with E-state index in [1.807, 2.05) is 16.9 Å². The Hall–Kier alpha value is -0.900. The molecule has 1 heterocycles. The van der Waals surface area contributed by atoms with Crippen LogP contribution in [0.1, 0.15) is 57.7 Å². The second-order valence-corrected chi connectivity index (χ2v) is 5.73. The van der Waals surface area contributed by atoms with Crippen LogP contribution in [0.2, 0.25) is 0 Å². The molecule has 1 aromatic heterocycles. The number of rotatable bonds is 4. The van der Waals surface area contributed by atoms with E-state index in [0.29, 0.717) is 25.3 Å². The third-order valence-corrected chi connectivity index (χ3v) is 4.03. The zero-order valence-corrected chi connectivity index (χ0v) is 11.4. The van der Waals surface area contributed by atoms with Crippen molar-refractivity contribution in [3.05, 3.63) is 18.0 Å². The van der Waals surface area contributed by atoms with Gasteiger partial charge in [-0.2, -0.15) is 5.10 Å². The van der Waals surface area contributed by atoms with Crippen molar-refractivity contribution in [3.63, 3.8) is 0 Å². The van der Waals surface area contributed by atoms with E-state index in [-0.39, 0.29) is 6.04 Å². The smallest absolute Gasteiger partial charge is 0.118 e. The van der Waals surface area contributed by atoms with Crippen molar-refractivity contribution >= 4 is 0 Å². The molecule has 102 valence electrons. The van der Waals surface area contributed by atoms with Crippen molar-refractivity contribution in [2.45, 2.75) is 70.1 Å². The number of hydrogen-bond donors (Lipinski definition) is 1. The first-order valence-electron chi connectivity index (χ1n) is 7.01. The Kier molecular flexibility index (Phi) is 4.05. The first-order chi connectivity index (χ1) is 8.52. The number of hydrogen-bond acceptors (Lipinski definition) is 2. The summed E-state index contributed by atoms with van der Waals surface area (Å²) in [5.74, 6) is 0. The Morgan fingerprint density at radius 1 is 1.67 bits per heavy atom. The van der Waals surface area contributed by atoms with Gasteiger partial charge in [0.1, 0.15) is 5.67 Å². The van der Waals surface area contributed by atoms with Crippen molar-refractivity contribution in [1.82, 2.24) is 9.78 Å². The second-order valence-electron chi connectivity index (χ2n) is 5.73. The molecule has 0 spiro atoms. The minimum Gasteiger partial charge on any atom is -0.328 e. The standard InChI is InChI=1S/C14H24FN3/c1-3-11(2)18-8-6-13(17-18)10-14(15)7-4-5-12(16)9-14/h6,8,11-12H,3-5,7,9-10,16H2,1-2H3. The van der Waals surface area contributed by atoms with Crippen molar-refractivity contribution in [2.24, 2.45) is 5.73 Å². The van der Waals surface area contributed by atoms with Gasteiger partial charge in [0.2, 0.25) is 0 Å². The van der Waals surface area contributed by atoms with Gasteiger partial charge in [-0.05, 0) is 45.1 Å². The zero-order chi connectivity index (χ0) is 13.2. The summed E-state index contributed by atoms with van der Waals surface area (Å²) in [7, 11) is 0.